The van der Waals surface area contributed by atoms with Crippen LogP contribution in [0.25, 0.3) is 0 Å². The average molecular weight is 808 g/mol. The number of carboxylic acid groups (broad SMARTS) is 1. The second kappa shape index (κ2) is 33.5. The zero-order valence-electron chi connectivity index (χ0n) is 34.5. The number of hydrogen-bond donors (Lipinski definition) is 4. The van der Waals surface area contributed by atoms with Crippen molar-refractivity contribution in [1.82, 2.24) is 15.5 Å². The number of carboxylic acids is 1. The Morgan fingerprint density at radius 1 is 0.691 bits per heavy atom. The minimum atomic E-state index is -4.43. The summed E-state index contributed by atoms with van der Waals surface area (Å²) in [6.07, 6.45) is 18.1. The summed E-state index contributed by atoms with van der Waals surface area (Å²) in [5.41, 5.74) is 0. The molecule has 0 aliphatic heterocycles. The van der Waals surface area contributed by atoms with E-state index < -0.39 is 56.9 Å². The Morgan fingerprint density at radius 2 is 1.18 bits per heavy atom. The molecule has 2 amide bonds. The number of phosphoric acid groups is 1. The number of carbonyl (C=O) groups excluding carboxylic acids is 4. The molecular formula is C39H74N3O12P. The lowest BCUT2D eigenvalue weighted by Crippen LogP contribution is -2.50. The number of aliphatic carboxylic acids is 1. The van der Waals surface area contributed by atoms with Gasteiger partial charge in [0.25, 0.3) is 0 Å². The van der Waals surface area contributed by atoms with Crippen LogP contribution in [0.1, 0.15) is 156 Å². The molecule has 0 fully saturated rings. The van der Waals surface area contributed by atoms with Crippen LogP contribution < -0.4 is 10.6 Å². The first-order valence-corrected chi connectivity index (χ1v) is 22.1. The molecule has 55 heavy (non-hydrogen) atoms. The molecule has 3 atom stereocenters. The Morgan fingerprint density at radius 3 is 1.67 bits per heavy atom. The van der Waals surface area contributed by atoms with E-state index in [2.05, 4.69) is 17.6 Å². The minimum absolute atomic E-state index is 0.0474. The van der Waals surface area contributed by atoms with Gasteiger partial charge in [-0.25, -0.2) is 4.57 Å². The second-order valence-electron chi connectivity index (χ2n) is 14.9. The highest BCUT2D eigenvalue weighted by Crippen LogP contribution is 2.43. The fourth-order valence-corrected chi connectivity index (χ4v) is 6.34. The van der Waals surface area contributed by atoms with Crippen molar-refractivity contribution >= 4 is 37.5 Å². The molecular weight excluding hydrogens is 733 g/mol. The van der Waals surface area contributed by atoms with Gasteiger partial charge in [0.15, 0.2) is 6.10 Å². The van der Waals surface area contributed by atoms with Gasteiger partial charge < -0.3 is 35.0 Å². The third-order valence-corrected chi connectivity index (χ3v) is 9.88. The number of amides is 2. The Kier molecular flexibility index (Phi) is 32.0. The van der Waals surface area contributed by atoms with Crippen LogP contribution in [0.2, 0.25) is 0 Å². The maximum atomic E-state index is 12.6. The summed E-state index contributed by atoms with van der Waals surface area (Å²) < 4.78 is 33.2. The van der Waals surface area contributed by atoms with Crippen LogP contribution in [-0.4, -0.2) is 104 Å². The fraction of sp³-hybridized carbons (Fsp3) is 0.872. The maximum Gasteiger partial charge on any atom is 0.472 e. The number of esters is 2. The molecule has 0 aromatic rings. The number of likely N-dealkylation sites (N-methyl/N-ethyl adjacent to an activating group) is 1. The van der Waals surface area contributed by atoms with Crippen LogP contribution in [0.15, 0.2) is 0 Å². The average Bonchev–Trinajstić information content (AvgIpc) is 3.11. The van der Waals surface area contributed by atoms with E-state index >= 15 is 0 Å². The Labute approximate surface area is 330 Å². The van der Waals surface area contributed by atoms with E-state index in [-0.39, 0.29) is 44.3 Å². The van der Waals surface area contributed by atoms with E-state index in [1.165, 1.54) is 57.8 Å². The lowest BCUT2D eigenvalue weighted by atomic mass is 10.0. The van der Waals surface area contributed by atoms with Gasteiger partial charge in [-0.1, -0.05) is 117 Å². The Hall–Kier alpha value is -2.58. The van der Waals surface area contributed by atoms with E-state index in [0.29, 0.717) is 38.6 Å². The number of ether oxygens (including phenoxy) is 2. The number of nitrogens with one attached hydrogen (secondary N) is 2. The van der Waals surface area contributed by atoms with Gasteiger partial charge in [0, 0.05) is 25.8 Å². The molecule has 0 aliphatic rings. The summed E-state index contributed by atoms with van der Waals surface area (Å²) >= 11 is 0. The fourth-order valence-electron chi connectivity index (χ4n) is 5.60. The van der Waals surface area contributed by atoms with Crippen LogP contribution in [-0.2, 0) is 47.1 Å². The van der Waals surface area contributed by atoms with Gasteiger partial charge in [0.1, 0.15) is 19.2 Å². The summed E-state index contributed by atoms with van der Waals surface area (Å²) in [5, 5.41) is 13.7. The normalized spacial score (nSPS) is 13.6. The molecule has 0 saturated carbocycles. The molecule has 15 nitrogen and oxygen atoms in total. The number of unbranched alkanes of at least 4 members (excludes halogenated alkanes) is 16. The standard InChI is InChI=1S/C39H74N3O12P/c1-6-7-8-9-10-11-12-13-14-15-16-19-22-25-36(46)51-30-33(31-53-55(49,50)52-28-27-42(4)5)54-37(47)26-23-20-17-18-21-24-34(43)41-38(32(2)3)39(48)40-29-35(44)45/h32-33,38H,6-31H2,1-5H3,(H,40,48)(H,41,43)(H,44,45)(H,49,50). The van der Waals surface area contributed by atoms with Crippen molar-refractivity contribution in [2.75, 3.05) is 47.0 Å². The van der Waals surface area contributed by atoms with Crippen molar-refractivity contribution in [1.29, 1.82) is 0 Å². The topological polar surface area (TPSA) is 207 Å². The quantitative estimate of drug-likeness (QED) is 0.0294. The van der Waals surface area contributed by atoms with E-state index in [1.54, 1.807) is 32.8 Å². The van der Waals surface area contributed by atoms with Crippen LogP contribution in [0.3, 0.4) is 0 Å². The molecule has 0 heterocycles. The number of phosphoric ester groups is 1. The van der Waals surface area contributed by atoms with Gasteiger partial charge >= 0.3 is 25.7 Å². The third kappa shape index (κ3) is 33.3. The zero-order chi connectivity index (χ0) is 41.3. The Bertz CT molecular complexity index is 1110. The molecule has 0 aromatic heterocycles. The van der Waals surface area contributed by atoms with Gasteiger partial charge in [-0.3, -0.25) is 33.0 Å². The first-order valence-electron chi connectivity index (χ1n) is 20.6. The van der Waals surface area contributed by atoms with Gasteiger partial charge in [-0.05, 0) is 39.3 Å². The Balaban J connectivity index is 4.55. The monoisotopic (exact) mass is 808 g/mol. The highest BCUT2D eigenvalue weighted by molar-refractivity contribution is 7.47. The number of nitrogens with zero attached hydrogens (tertiary/aromatic N) is 1. The van der Waals surface area contributed by atoms with E-state index in [0.717, 1.165) is 25.7 Å². The van der Waals surface area contributed by atoms with Crippen molar-refractivity contribution in [3.8, 4) is 0 Å². The molecule has 0 aliphatic carbocycles. The summed E-state index contributed by atoms with van der Waals surface area (Å²) in [7, 11) is -0.862. The molecule has 0 radical (unpaired) electrons. The van der Waals surface area contributed by atoms with Crippen molar-refractivity contribution in [2.24, 2.45) is 5.92 Å². The van der Waals surface area contributed by atoms with Crippen LogP contribution in [0.5, 0.6) is 0 Å². The van der Waals surface area contributed by atoms with E-state index in [1.807, 2.05) is 0 Å². The highest BCUT2D eigenvalue weighted by atomic mass is 31.2. The predicted octanol–water partition coefficient (Wildman–Crippen LogP) is 6.69. The molecule has 322 valence electrons. The van der Waals surface area contributed by atoms with E-state index in [4.69, 9.17) is 23.6 Å². The summed E-state index contributed by atoms with van der Waals surface area (Å²) in [4.78, 5) is 72.3. The summed E-state index contributed by atoms with van der Waals surface area (Å²) in [5.74, 6) is -3.25. The highest BCUT2D eigenvalue weighted by Gasteiger charge is 2.27. The molecule has 0 bridgehead atoms. The lowest BCUT2D eigenvalue weighted by molar-refractivity contribution is -0.161. The molecule has 3 unspecified atom stereocenters. The van der Waals surface area contributed by atoms with Crippen LogP contribution in [0.4, 0.5) is 0 Å². The van der Waals surface area contributed by atoms with Gasteiger partial charge in [-0.2, -0.15) is 0 Å². The lowest BCUT2D eigenvalue weighted by Gasteiger charge is -2.21. The largest absolute Gasteiger partial charge is 0.480 e. The number of hydrogen-bond acceptors (Lipinski definition) is 11. The first kappa shape index (κ1) is 52.4. The van der Waals surface area contributed by atoms with E-state index in [9.17, 15) is 33.4 Å². The number of rotatable bonds is 37. The van der Waals surface area contributed by atoms with Gasteiger partial charge in [0.05, 0.1) is 13.2 Å². The summed E-state index contributed by atoms with van der Waals surface area (Å²) in [6, 6.07) is -0.834. The van der Waals surface area contributed by atoms with Gasteiger partial charge in [0.2, 0.25) is 11.8 Å². The van der Waals surface area contributed by atoms with Crippen LogP contribution in [0, 0.1) is 5.92 Å². The smallest absolute Gasteiger partial charge is 0.472 e. The zero-order valence-corrected chi connectivity index (χ0v) is 35.4. The predicted molar refractivity (Wildman–Crippen MR) is 211 cm³/mol. The minimum Gasteiger partial charge on any atom is -0.480 e. The molecule has 4 N–H and O–H groups in total. The van der Waals surface area contributed by atoms with Gasteiger partial charge in [-0.15, -0.1) is 0 Å². The molecule has 0 saturated heterocycles. The van der Waals surface area contributed by atoms with Crippen molar-refractivity contribution in [3.63, 3.8) is 0 Å². The van der Waals surface area contributed by atoms with Crippen molar-refractivity contribution in [3.05, 3.63) is 0 Å². The second-order valence-corrected chi connectivity index (χ2v) is 16.3. The van der Waals surface area contributed by atoms with Crippen molar-refractivity contribution < 1.29 is 57.1 Å². The maximum absolute atomic E-state index is 12.6. The molecule has 0 aromatic carbocycles. The molecule has 0 spiro atoms. The SMILES string of the molecule is CCCCCCCCCCCCCCCC(=O)OCC(COP(=O)(O)OCCN(C)C)OC(=O)CCCCCCCC(=O)NC(C(=O)NCC(=O)O)C(C)C. The van der Waals surface area contributed by atoms with Crippen molar-refractivity contribution in [2.45, 2.75) is 168 Å². The number of carbonyl (C=O) groups is 5. The first-order chi connectivity index (χ1) is 26.2. The third-order valence-electron chi connectivity index (χ3n) is 8.89. The summed E-state index contributed by atoms with van der Waals surface area (Å²) in [6.45, 7) is 4.76. The molecule has 0 rings (SSSR count). The molecule has 16 heteroatoms. The van der Waals surface area contributed by atoms with Crippen LogP contribution >= 0.6 is 7.82 Å².